The first-order chi connectivity index (χ1) is 11.2. The zero-order valence-electron chi connectivity index (χ0n) is 12.4. The third kappa shape index (κ3) is 2.38. The third-order valence-electron chi connectivity index (χ3n) is 4.24. The topological polar surface area (TPSA) is 64.8 Å². The largest absolute Gasteiger partial charge is 0.508 e. The van der Waals surface area contributed by atoms with Gasteiger partial charge >= 0.3 is 0 Å². The molecule has 4 nitrogen and oxygen atoms in total. The monoisotopic (exact) mass is 304 g/mol. The third-order valence-corrected chi connectivity index (χ3v) is 4.24. The SMILES string of the molecule is Oc1ccc(C2CC(c3c(O)ccc4ccccc34)=NN2)cc1. The summed E-state index contributed by atoms with van der Waals surface area (Å²) in [6.07, 6.45) is 0.687. The minimum absolute atomic E-state index is 0.0453. The first-order valence-electron chi connectivity index (χ1n) is 7.54. The van der Waals surface area contributed by atoms with Gasteiger partial charge in [-0.2, -0.15) is 5.10 Å². The number of hydrogen-bond acceptors (Lipinski definition) is 4. The maximum atomic E-state index is 10.3. The molecule has 0 saturated carbocycles. The Kier molecular flexibility index (Phi) is 3.15. The molecule has 3 aromatic carbocycles. The van der Waals surface area contributed by atoms with Crippen LogP contribution in [0, 0.1) is 0 Å². The van der Waals surface area contributed by atoms with Crippen LogP contribution in [0.15, 0.2) is 65.8 Å². The Morgan fingerprint density at radius 2 is 1.70 bits per heavy atom. The lowest BCUT2D eigenvalue weighted by molar-refractivity contribution is 0.474. The molecular formula is C19H16N2O2. The van der Waals surface area contributed by atoms with Crippen molar-refractivity contribution < 1.29 is 10.2 Å². The van der Waals surface area contributed by atoms with Gasteiger partial charge in [0, 0.05) is 12.0 Å². The lowest BCUT2D eigenvalue weighted by Gasteiger charge is -2.11. The van der Waals surface area contributed by atoms with E-state index in [4.69, 9.17) is 0 Å². The van der Waals surface area contributed by atoms with Crippen molar-refractivity contribution in [1.82, 2.24) is 5.43 Å². The van der Waals surface area contributed by atoms with E-state index in [1.54, 1.807) is 18.2 Å². The average molecular weight is 304 g/mol. The van der Waals surface area contributed by atoms with Crippen LogP contribution in [0.4, 0.5) is 0 Å². The Morgan fingerprint density at radius 3 is 2.52 bits per heavy atom. The predicted octanol–water partition coefficient (Wildman–Crippen LogP) is 3.69. The number of hydrazone groups is 1. The highest BCUT2D eigenvalue weighted by molar-refractivity contribution is 6.13. The number of aromatic hydroxyl groups is 2. The summed E-state index contributed by atoms with van der Waals surface area (Å²) in [4.78, 5) is 0. The molecule has 1 atom stereocenters. The van der Waals surface area contributed by atoms with Gasteiger partial charge in [0.15, 0.2) is 0 Å². The van der Waals surface area contributed by atoms with Crippen LogP contribution in [-0.4, -0.2) is 15.9 Å². The highest BCUT2D eigenvalue weighted by atomic mass is 16.3. The van der Waals surface area contributed by atoms with Crippen molar-refractivity contribution >= 4 is 16.5 Å². The minimum Gasteiger partial charge on any atom is -0.508 e. The first-order valence-corrected chi connectivity index (χ1v) is 7.54. The summed E-state index contributed by atoms with van der Waals surface area (Å²) in [5, 5.41) is 26.2. The lowest BCUT2D eigenvalue weighted by Crippen LogP contribution is -2.09. The van der Waals surface area contributed by atoms with Crippen molar-refractivity contribution in [1.29, 1.82) is 0 Å². The number of fused-ring (bicyclic) bond motifs is 1. The highest BCUT2D eigenvalue weighted by Crippen LogP contribution is 2.33. The van der Waals surface area contributed by atoms with Gasteiger partial charge in [-0.3, -0.25) is 0 Å². The fraction of sp³-hybridized carbons (Fsp3) is 0.105. The van der Waals surface area contributed by atoms with E-state index in [0.29, 0.717) is 6.42 Å². The molecule has 1 aliphatic rings. The molecule has 1 aliphatic heterocycles. The number of nitrogens with one attached hydrogen (secondary N) is 1. The molecule has 4 rings (SSSR count). The molecule has 0 spiro atoms. The summed E-state index contributed by atoms with van der Waals surface area (Å²) in [7, 11) is 0. The molecule has 3 aromatic rings. The molecule has 114 valence electrons. The zero-order chi connectivity index (χ0) is 15.8. The molecular weight excluding hydrogens is 288 g/mol. The molecule has 0 aromatic heterocycles. The van der Waals surface area contributed by atoms with Crippen LogP contribution < -0.4 is 5.43 Å². The van der Waals surface area contributed by atoms with Gasteiger partial charge in [0.2, 0.25) is 0 Å². The Bertz CT molecular complexity index is 901. The van der Waals surface area contributed by atoms with Crippen LogP contribution in [-0.2, 0) is 0 Å². The van der Waals surface area contributed by atoms with Gasteiger partial charge in [0.25, 0.3) is 0 Å². The lowest BCUT2D eigenvalue weighted by atomic mass is 9.94. The molecule has 0 amide bonds. The molecule has 1 heterocycles. The van der Waals surface area contributed by atoms with Crippen molar-refractivity contribution in [2.24, 2.45) is 5.10 Å². The Hall–Kier alpha value is -3.01. The van der Waals surface area contributed by atoms with Crippen LogP contribution in [0.5, 0.6) is 11.5 Å². The van der Waals surface area contributed by atoms with Crippen LogP contribution >= 0.6 is 0 Å². The fourth-order valence-corrected chi connectivity index (χ4v) is 3.06. The minimum atomic E-state index is 0.0453. The normalized spacial score (nSPS) is 17.0. The van der Waals surface area contributed by atoms with Crippen molar-refractivity contribution in [2.75, 3.05) is 0 Å². The summed E-state index contributed by atoms with van der Waals surface area (Å²) in [6.45, 7) is 0. The van der Waals surface area contributed by atoms with Crippen LogP contribution in [0.2, 0.25) is 0 Å². The molecule has 0 fully saturated rings. The highest BCUT2D eigenvalue weighted by Gasteiger charge is 2.24. The van der Waals surface area contributed by atoms with E-state index in [9.17, 15) is 10.2 Å². The summed E-state index contributed by atoms with van der Waals surface area (Å²) in [5.74, 6) is 0.496. The average Bonchev–Trinajstić information content (AvgIpc) is 3.05. The van der Waals surface area contributed by atoms with Gasteiger partial charge in [-0.05, 0) is 34.5 Å². The Morgan fingerprint density at radius 1 is 0.913 bits per heavy atom. The number of nitrogens with zero attached hydrogens (tertiary/aromatic N) is 1. The van der Waals surface area contributed by atoms with E-state index in [0.717, 1.165) is 27.6 Å². The number of rotatable bonds is 2. The maximum Gasteiger partial charge on any atom is 0.125 e. The van der Waals surface area contributed by atoms with E-state index < -0.39 is 0 Å². The van der Waals surface area contributed by atoms with E-state index in [2.05, 4.69) is 10.5 Å². The van der Waals surface area contributed by atoms with Gasteiger partial charge in [-0.1, -0.05) is 42.5 Å². The maximum absolute atomic E-state index is 10.3. The molecule has 0 bridgehead atoms. The molecule has 4 heteroatoms. The van der Waals surface area contributed by atoms with Crippen LogP contribution in [0.25, 0.3) is 10.8 Å². The fourth-order valence-electron chi connectivity index (χ4n) is 3.06. The van der Waals surface area contributed by atoms with Gasteiger partial charge in [-0.25, -0.2) is 0 Å². The summed E-state index contributed by atoms with van der Waals surface area (Å²) >= 11 is 0. The quantitative estimate of drug-likeness (QED) is 0.676. The molecule has 23 heavy (non-hydrogen) atoms. The summed E-state index contributed by atoms with van der Waals surface area (Å²) < 4.78 is 0. The molecule has 3 N–H and O–H groups in total. The Labute approximate surface area is 133 Å². The molecule has 0 aliphatic carbocycles. The molecule has 0 saturated heterocycles. The van der Waals surface area contributed by atoms with Gasteiger partial charge < -0.3 is 15.6 Å². The number of phenols is 2. The van der Waals surface area contributed by atoms with Crippen molar-refractivity contribution in [3.63, 3.8) is 0 Å². The van der Waals surface area contributed by atoms with E-state index >= 15 is 0 Å². The number of phenolic OH excluding ortho intramolecular Hbond substituents is 2. The number of hydrogen-bond donors (Lipinski definition) is 3. The van der Waals surface area contributed by atoms with Crippen molar-refractivity contribution in [3.8, 4) is 11.5 Å². The Balaban J connectivity index is 1.70. The van der Waals surface area contributed by atoms with E-state index in [1.165, 1.54) is 0 Å². The molecule has 1 unspecified atom stereocenters. The zero-order valence-corrected chi connectivity index (χ0v) is 12.4. The first kappa shape index (κ1) is 13.6. The smallest absolute Gasteiger partial charge is 0.125 e. The van der Waals surface area contributed by atoms with Crippen molar-refractivity contribution in [2.45, 2.75) is 12.5 Å². The molecule has 0 radical (unpaired) electrons. The van der Waals surface area contributed by atoms with Crippen LogP contribution in [0.1, 0.15) is 23.6 Å². The van der Waals surface area contributed by atoms with Gasteiger partial charge in [0.05, 0.1) is 11.8 Å². The van der Waals surface area contributed by atoms with Crippen LogP contribution in [0.3, 0.4) is 0 Å². The summed E-state index contributed by atoms with van der Waals surface area (Å²) in [6, 6.07) is 18.8. The predicted molar refractivity (Wildman–Crippen MR) is 90.8 cm³/mol. The second-order valence-electron chi connectivity index (χ2n) is 5.72. The second-order valence-corrected chi connectivity index (χ2v) is 5.72. The van der Waals surface area contributed by atoms with Gasteiger partial charge in [-0.15, -0.1) is 0 Å². The second kappa shape index (κ2) is 5.32. The number of benzene rings is 3. The standard InChI is InChI=1S/C19H16N2O2/c22-14-8-5-13(6-9-14)16-11-17(21-20-16)19-15-4-2-1-3-12(15)7-10-18(19)23/h1-10,16,20,22-23H,11H2. The van der Waals surface area contributed by atoms with Gasteiger partial charge in [0.1, 0.15) is 11.5 Å². The summed E-state index contributed by atoms with van der Waals surface area (Å²) in [5.41, 5.74) is 5.82. The van der Waals surface area contributed by atoms with Crippen molar-refractivity contribution in [3.05, 3.63) is 71.8 Å². The van der Waals surface area contributed by atoms with E-state index in [-0.39, 0.29) is 17.5 Å². The van der Waals surface area contributed by atoms with E-state index in [1.807, 2.05) is 42.5 Å².